The third-order valence-electron chi connectivity index (χ3n) is 4.11. The lowest BCUT2D eigenvalue weighted by molar-refractivity contribution is 0.122. The van der Waals surface area contributed by atoms with Crippen LogP contribution in [0.25, 0.3) is 11.2 Å². The smallest absolute Gasteiger partial charge is 0.280 e. The Morgan fingerprint density at radius 3 is 2.76 bits per heavy atom. The zero-order chi connectivity index (χ0) is 17.4. The Balaban J connectivity index is 1.72. The van der Waals surface area contributed by atoms with Gasteiger partial charge in [-0.1, -0.05) is 29.3 Å². The lowest BCUT2D eigenvalue weighted by Crippen LogP contribution is -2.38. The number of hydrogen-bond acceptors (Lipinski definition) is 5. The van der Waals surface area contributed by atoms with E-state index in [1.165, 1.54) is 0 Å². The highest BCUT2D eigenvalue weighted by atomic mass is 35.5. The summed E-state index contributed by atoms with van der Waals surface area (Å²) in [5.74, 6) is 0.539. The molecule has 9 heteroatoms. The average Bonchev–Trinajstić information content (AvgIpc) is 3.02. The van der Waals surface area contributed by atoms with Gasteiger partial charge in [-0.05, 0) is 17.7 Å². The van der Waals surface area contributed by atoms with Crippen LogP contribution in [-0.2, 0) is 11.3 Å². The van der Waals surface area contributed by atoms with E-state index >= 15 is 0 Å². The summed E-state index contributed by atoms with van der Waals surface area (Å²) in [5, 5.41) is 0.994. The van der Waals surface area contributed by atoms with Gasteiger partial charge in [0.25, 0.3) is 5.56 Å². The molecule has 0 radical (unpaired) electrons. The van der Waals surface area contributed by atoms with Crippen molar-refractivity contribution in [3.63, 3.8) is 0 Å². The predicted octanol–water partition coefficient (Wildman–Crippen LogP) is 2.31. The van der Waals surface area contributed by atoms with Gasteiger partial charge in [0, 0.05) is 13.1 Å². The van der Waals surface area contributed by atoms with Crippen molar-refractivity contribution >= 4 is 40.3 Å². The highest BCUT2D eigenvalue weighted by Crippen LogP contribution is 2.23. The molecule has 1 saturated heterocycles. The number of anilines is 1. The third-order valence-corrected chi connectivity index (χ3v) is 4.85. The number of benzene rings is 1. The molecule has 0 amide bonds. The van der Waals surface area contributed by atoms with Crippen LogP contribution in [0.1, 0.15) is 5.56 Å². The number of hydrogen-bond donors (Lipinski definition) is 1. The fourth-order valence-electron chi connectivity index (χ4n) is 2.82. The Labute approximate surface area is 153 Å². The number of morpholine rings is 1. The van der Waals surface area contributed by atoms with Crippen LogP contribution >= 0.6 is 23.2 Å². The van der Waals surface area contributed by atoms with E-state index in [-0.39, 0.29) is 5.56 Å². The van der Waals surface area contributed by atoms with E-state index in [1.54, 1.807) is 18.5 Å². The van der Waals surface area contributed by atoms with Gasteiger partial charge < -0.3 is 14.2 Å². The van der Waals surface area contributed by atoms with Gasteiger partial charge in [0.05, 0.1) is 36.1 Å². The maximum Gasteiger partial charge on any atom is 0.280 e. The molecule has 4 rings (SSSR count). The van der Waals surface area contributed by atoms with Gasteiger partial charge in [-0.25, -0.2) is 4.98 Å². The second-order valence-corrected chi connectivity index (χ2v) is 6.60. The van der Waals surface area contributed by atoms with E-state index in [0.717, 1.165) is 5.56 Å². The first-order chi connectivity index (χ1) is 12.1. The van der Waals surface area contributed by atoms with Crippen molar-refractivity contribution in [3.8, 4) is 0 Å². The molecule has 1 N–H and O–H groups in total. The second-order valence-electron chi connectivity index (χ2n) is 5.78. The minimum Gasteiger partial charge on any atom is -0.378 e. The molecule has 0 unspecified atom stereocenters. The van der Waals surface area contributed by atoms with Crippen LogP contribution in [0.5, 0.6) is 0 Å². The summed E-state index contributed by atoms with van der Waals surface area (Å²) in [6.07, 6.45) is 1.61. The summed E-state index contributed by atoms with van der Waals surface area (Å²) in [6.45, 7) is 3.10. The minimum absolute atomic E-state index is 0.251. The quantitative estimate of drug-likeness (QED) is 0.755. The first-order valence-electron chi connectivity index (χ1n) is 7.83. The fourth-order valence-corrected chi connectivity index (χ4v) is 3.14. The molecule has 7 nitrogen and oxygen atoms in total. The van der Waals surface area contributed by atoms with Gasteiger partial charge >= 0.3 is 0 Å². The van der Waals surface area contributed by atoms with Crippen molar-refractivity contribution in [1.82, 2.24) is 19.5 Å². The Morgan fingerprint density at radius 1 is 1.20 bits per heavy atom. The third kappa shape index (κ3) is 3.22. The van der Waals surface area contributed by atoms with Crippen molar-refractivity contribution in [2.75, 3.05) is 31.2 Å². The molecule has 1 aliphatic heterocycles. The maximum absolute atomic E-state index is 12.3. The highest BCUT2D eigenvalue weighted by molar-refractivity contribution is 6.42. The molecule has 0 aliphatic carbocycles. The standard InChI is InChI=1S/C16H15Cl2N5O2/c17-11-2-1-10(7-12(11)18)8-23-9-19-13-14(23)20-16(21-15(13)24)22-3-5-25-6-4-22/h1-2,7,9H,3-6,8H2,(H,20,21,24). The SMILES string of the molecule is O=c1[nH]c(N2CCOCC2)nc2c1ncn2Cc1ccc(Cl)c(Cl)c1. The fraction of sp³-hybridized carbons (Fsp3) is 0.312. The Morgan fingerprint density at radius 2 is 2.00 bits per heavy atom. The zero-order valence-corrected chi connectivity index (χ0v) is 14.7. The van der Waals surface area contributed by atoms with Crippen LogP contribution < -0.4 is 10.5 Å². The summed E-state index contributed by atoms with van der Waals surface area (Å²) in [6, 6.07) is 5.43. The molecule has 0 bridgehead atoms. The molecule has 1 fully saturated rings. The Bertz CT molecular complexity index is 978. The summed E-state index contributed by atoms with van der Waals surface area (Å²) in [5.41, 5.74) is 1.55. The van der Waals surface area contributed by atoms with E-state index in [4.69, 9.17) is 27.9 Å². The number of aromatic amines is 1. The summed E-state index contributed by atoms with van der Waals surface area (Å²) in [4.78, 5) is 25.9. The van der Waals surface area contributed by atoms with E-state index in [9.17, 15) is 4.79 Å². The molecule has 0 atom stereocenters. The van der Waals surface area contributed by atoms with E-state index < -0.39 is 0 Å². The molecular formula is C16H15Cl2N5O2. The average molecular weight is 380 g/mol. The van der Waals surface area contributed by atoms with Gasteiger partial charge in [0.2, 0.25) is 5.95 Å². The normalized spacial score (nSPS) is 15.0. The van der Waals surface area contributed by atoms with Gasteiger partial charge in [0.15, 0.2) is 11.2 Å². The van der Waals surface area contributed by atoms with Crippen molar-refractivity contribution < 1.29 is 4.74 Å². The van der Waals surface area contributed by atoms with Gasteiger partial charge in [-0.15, -0.1) is 0 Å². The van der Waals surface area contributed by atoms with Crippen LogP contribution in [0.3, 0.4) is 0 Å². The molecule has 2 aromatic heterocycles. The summed E-state index contributed by atoms with van der Waals surface area (Å²) >= 11 is 12.0. The number of imidazole rings is 1. The first-order valence-corrected chi connectivity index (χ1v) is 8.59. The van der Waals surface area contributed by atoms with Crippen LogP contribution in [-0.4, -0.2) is 45.8 Å². The highest BCUT2D eigenvalue weighted by Gasteiger charge is 2.17. The number of aromatic nitrogens is 4. The topological polar surface area (TPSA) is 76.0 Å². The molecule has 3 aromatic rings. The van der Waals surface area contributed by atoms with Gasteiger partial charge in [0.1, 0.15) is 0 Å². The molecule has 0 saturated carbocycles. The molecule has 130 valence electrons. The van der Waals surface area contributed by atoms with Crippen molar-refractivity contribution in [2.24, 2.45) is 0 Å². The Hall–Kier alpha value is -2.09. The summed E-state index contributed by atoms with van der Waals surface area (Å²) in [7, 11) is 0. The number of nitrogens with zero attached hydrogens (tertiary/aromatic N) is 4. The monoisotopic (exact) mass is 379 g/mol. The van der Waals surface area contributed by atoms with E-state index in [2.05, 4.69) is 15.0 Å². The molecule has 0 spiro atoms. The van der Waals surface area contributed by atoms with Crippen molar-refractivity contribution in [2.45, 2.75) is 6.54 Å². The van der Waals surface area contributed by atoms with Crippen LogP contribution in [0, 0.1) is 0 Å². The van der Waals surface area contributed by atoms with Crippen LogP contribution in [0.2, 0.25) is 10.0 Å². The number of halogens is 2. The molecule has 1 aliphatic rings. The van der Waals surface area contributed by atoms with Gasteiger partial charge in [-0.3, -0.25) is 9.78 Å². The number of nitrogens with one attached hydrogen (secondary N) is 1. The lowest BCUT2D eigenvalue weighted by atomic mass is 10.2. The molecule has 1 aromatic carbocycles. The molecular weight excluding hydrogens is 365 g/mol. The van der Waals surface area contributed by atoms with Crippen LogP contribution in [0.4, 0.5) is 5.95 Å². The number of ether oxygens (including phenoxy) is 1. The van der Waals surface area contributed by atoms with Gasteiger partial charge in [-0.2, -0.15) is 4.98 Å². The van der Waals surface area contributed by atoms with Crippen molar-refractivity contribution in [3.05, 3.63) is 50.5 Å². The van der Waals surface area contributed by atoms with E-state index in [0.29, 0.717) is 60.0 Å². The second kappa shape index (κ2) is 6.67. The maximum atomic E-state index is 12.3. The van der Waals surface area contributed by atoms with E-state index in [1.807, 2.05) is 15.5 Å². The molecule has 25 heavy (non-hydrogen) atoms. The first kappa shape index (κ1) is 16.4. The van der Waals surface area contributed by atoms with Crippen LogP contribution in [0.15, 0.2) is 29.3 Å². The number of rotatable bonds is 3. The Kier molecular flexibility index (Phi) is 4.37. The summed E-state index contributed by atoms with van der Waals surface area (Å²) < 4.78 is 7.17. The van der Waals surface area contributed by atoms with Crippen molar-refractivity contribution in [1.29, 1.82) is 0 Å². The largest absolute Gasteiger partial charge is 0.378 e. The number of H-pyrrole nitrogens is 1. The lowest BCUT2D eigenvalue weighted by Gasteiger charge is -2.27. The predicted molar refractivity (Wildman–Crippen MR) is 96.7 cm³/mol. The molecule has 3 heterocycles. The minimum atomic E-state index is -0.251. The number of fused-ring (bicyclic) bond motifs is 1. The zero-order valence-electron chi connectivity index (χ0n) is 13.2.